The van der Waals surface area contributed by atoms with Crippen molar-refractivity contribution in [2.24, 2.45) is 0 Å². The lowest BCUT2D eigenvalue weighted by atomic mass is 9.94. The highest BCUT2D eigenvalue weighted by Gasteiger charge is 2.48. The van der Waals surface area contributed by atoms with Crippen LogP contribution in [0.4, 0.5) is 14.5 Å². The molecule has 1 saturated heterocycles. The zero-order chi connectivity index (χ0) is 26.0. The quantitative estimate of drug-likeness (QED) is 0.265. The van der Waals surface area contributed by atoms with Crippen molar-refractivity contribution in [1.29, 1.82) is 0 Å². The van der Waals surface area contributed by atoms with Crippen molar-refractivity contribution < 1.29 is 33.0 Å². The number of ether oxygens (including phenoxy) is 2. The van der Waals surface area contributed by atoms with Gasteiger partial charge in [-0.2, -0.15) is 0 Å². The van der Waals surface area contributed by atoms with Crippen LogP contribution in [0.3, 0.4) is 0 Å². The van der Waals surface area contributed by atoms with E-state index in [4.69, 9.17) is 9.47 Å². The van der Waals surface area contributed by atoms with Gasteiger partial charge in [0.15, 0.2) is 11.5 Å². The first-order valence-electron chi connectivity index (χ1n) is 11.5. The Bertz CT molecular complexity index is 1350. The van der Waals surface area contributed by atoms with Crippen LogP contribution >= 0.6 is 0 Å². The van der Waals surface area contributed by atoms with Gasteiger partial charge in [0.05, 0.1) is 31.0 Å². The van der Waals surface area contributed by atoms with Gasteiger partial charge < -0.3 is 14.6 Å². The summed E-state index contributed by atoms with van der Waals surface area (Å²) in [4.78, 5) is 27.4. The monoisotopic (exact) mass is 493 g/mol. The highest BCUT2D eigenvalue weighted by molar-refractivity contribution is 6.51. The number of rotatable bonds is 7. The maximum absolute atomic E-state index is 14.9. The first kappa shape index (κ1) is 24.9. The molecule has 0 bridgehead atoms. The molecular formula is C28H25F2NO5. The van der Waals surface area contributed by atoms with Gasteiger partial charge in [-0.1, -0.05) is 37.3 Å². The Hall–Kier alpha value is -4.20. The van der Waals surface area contributed by atoms with E-state index in [1.165, 1.54) is 7.11 Å². The van der Waals surface area contributed by atoms with Crippen molar-refractivity contribution in [3.8, 4) is 11.5 Å². The van der Waals surface area contributed by atoms with Crippen molar-refractivity contribution in [3.05, 3.63) is 94.6 Å². The molecule has 0 radical (unpaired) electrons. The predicted molar refractivity (Wildman–Crippen MR) is 131 cm³/mol. The van der Waals surface area contributed by atoms with E-state index in [0.29, 0.717) is 35.3 Å². The first-order chi connectivity index (χ1) is 17.3. The molecular weight excluding hydrogens is 468 g/mol. The molecule has 0 aromatic heterocycles. The molecule has 1 amide bonds. The molecule has 3 aromatic rings. The summed E-state index contributed by atoms with van der Waals surface area (Å²) in [6, 6.07) is 13.2. The van der Waals surface area contributed by atoms with E-state index in [9.17, 15) is 23.5 Å². The molecule has 6 nitrogen and oxygen atoms in total. The highest BCUT2D eigenvalue weighted by Crippen LogP contribution is 2.44. The van der Waals surface area contributed by atoms with Crippen LogP contribution in [0.25, 0.3) is 5.76 Å². The molecule has 4 rings (SSSR count). The number of aliphatic hydroxyl groups is 1. The van der Waals surface area contributed by atoms with Crippen molar-refractivity contribution in [2.75, 3.05) is 18.6 Å². The number of hydrogen-bond acceptors (Lipinski definition) is 5. The molecule has 0 aliphatic carbocycles. The van der Waals surface area contributed by atoms with Crippen molar-refractivity contribution >= 4 is 23.1 Å². The Kier molecular flexibility index (Phi) is 7.05. The second-order valence-corrected chi connectivity index (χ2v) is 8.16. The summed E-state index contributed by atoms with van der Waals surface area (Å²) in [5.41, 5.74) is 1.20. The minimum Gasteiger partial charge on any atom is -0.507 e. The Morgan fingerprint density at radius 2 is 1.69 bits per heavy atom. The number of ketones is 1. The Morgan fingerprint density at radius 3 is 2.31 bits per heavy atom. The Morgan fingerprint density at radius 1 is 0.972 bits per heavy atom. The maximum atomic E-state index is 14.9. The van der Waals surface area contributed by atoms with Crippen LogP contribution < -0.4 is 14.4 Å². The van der Waals surface area contributed by atoms with E-state index in [0.717, 1.165) is 29.0 Å². The third kappa shape index (κ3) is 4.42. The van der Waals surface area contributed by atoms with Gasteiger partial charge in [0.2, 0.25) is 0 Å². The SMILES string of the molecule is CCOc1cc(C2/C(=C(\O)c3ccc(CC)cc3)C(=O)C(=O)N2c2ccc(F)cc2F)ccc1OC. The molecule has 1 N–H and O–H groups in total. The van der Waals surface area contributed by atoms with E-state index >= 15 is 0 Å². The van der Waals surface area contributed by atoms with Crippen molar-refractivity contribution in [1.82, 2.24) is 0 Å². The van der Waals surface area contributed by atoms with E-state index in [1.807, 2.05) is 6.92 Å². The molecule has 186 valence electrons. The number of methoxy groups -OCH3 is 1. The fourth-order valence-corrected chi connectivity index (χ4v) is 4.26. The summed E-state index contributed by atoms with van der Waals surface area (Å²) < 4.78 is 39.5. The number of aliphatic hydroxyl groups excluding tert-OH is 1. The van der Waals surface area contributed by atoms with Gasteiger partial charge in [-0.15, -0.1) is 0 Å². The summed E-state index contributed by atoms with van der Waals surface area (Å²) in [5, 5.41) is 11.2. The van der Waals surface area contributed by atoms with Crippen LogP contribution in [-0.2, 0) is 16.0 Å². The molecule has 1 fully saturated rings. The lowest BCUT2D eigenvalue weighted by Gasteiger charge is -2.26. The number of amides is 1. The Balaban J connectivity index is 1.97. The number of hydrogen-bond donors (Lipinski definition) is 1. The number of carbonyl (C=O) groups is 2. The third-order valence-corrected chi connectivity index (χ3v) is 6.05. The number of nitrogens with zero attached hydrogens (tertiary/aromatic N) is 1. The zero-order valence-corrected chi connectivity index (χ0v) is 20.0. The average Bonchev–Trinajstić information content (AvgIpc) is 3.14. The fraction of sp³-hybridized carbons (Fsp3) is 0.214. The lowest BCUT2D eigenvalue weighted by molar-refractivity contribution is -0.132. The van der Waals surface area contributed by atoms with Crippen LogP contribution in [-0.4, -0.2) is 30.5 Å². The van der Waals surface area contributed by atoms with Gasteiger partial charge in [0, 0.05) is 11.6 Å². The topological polar surface area (TPSA) is 76.1 Å². The molecule has 1 heterocycles. The summed E-state index contributed by atoms with van der Waals surface area (Å²) in [6.07, 6.45) is 0.779. The summed E-state index contributed by atoms with van der Waals surface area (Å²) in [5.74, 6) is -3.53. The molecule has 1 aliphatic rings. The van der Waals surface area contributed by atoms with Gasteiger partial charge >= 0.3 is 0 Å². The summed E-state index contributed by atoms with van der Waals surface area (Å²) in [6.45, 7) is 4.08. The van der Waals surface area contributed by atoms with Crippen molar-refractivity contribution in [2.45, 2.75) is 26.3 Å². The minimum atomic E-state index is -1.21. The highest BCUT2D eigenvalue weighted by atomic mass is 19.1. The first-order valence-corrected chi connectivity index (χ1v) is 11.5. The van der Waals surface area contributed by atoms with Crippen LogP contribution in [0, 0.1) is 11.6 Å². The largest absolute Gasteiger partial charge is 0.507 e. The van der Waals surface area contributed by atoms with E-state index in [-0.39, 0.29) is 11.3 Å². The van der Waals surface area contributed by atoms with E-state index in [1.54, 1.807) is 49.4 Å². The standard InChI is InChI=1S/C28H25F2NO5/c1-4-16-6-8-17(9-7-16)26(32)24-25(18-10-13-22(35-3)23(14-18)36-5-2)31(28(34)27(24)33)21-12-11-19(29)15-20(21)30/h6-15,25,32H,4-5H2,1-3H3/b26-24+. The zero-order valence-electron chi connectivity index (χ0n) is 20.0. The molecule has 3 aromatic carbocycles. The molecule has 1 atom stereocenters. The number of halogens is 2. The average molecular weight is 494 g/mol. The molecule has 36 heavy (non-hydrogen) atoms. The number of aryl methyl sites for hydroxylation is 1. The second kappa shape index (κ2) is 10.2. The van der Waals surface area contributed by atoms with Crippen molar-refractivity contribution in [3.63, 3.8) is 0 Å². The third-order valence-electron chi connectivity index (χ3n) is 6.05. The van der Waals surface area contributed by atoms with E-state index in [2.05, 4.69) is 0 Å². The Labute approximate surface area is 207 Å². The van der Waals surface area contributed by atoms with Gasteiger partial charge in [-0.05, 0) is 48.7 Å². The molecule has 0 saturated carbocycles. The number of carbonyl (C=O) groups excluding carboxylic acids is 2. The van der Waals surface area contributed by atoms with Crippen LogP contribution in [0.15, 0.2) is 66.2 Å². The minimum absolute atomic E-state index is 0.222. The number of anilines is 1. The molecule has 8 heteroatoms. The van der Waals surface area contributed by atoms with Crippen LogP contribution in [0.2, 0.25) is 0 Å². The van der Waals surface area contributed by atoms with Gasteiger partial charge in [0.1, 0.15) is 17.4 Å². The summed E-state index contributed by atoms with van der Waals surface area (Å²) in [7, 11) is 1.47. The maximum Gasteiger partial charge on any atom is 0.300 e. The fourth-order valence-electron chi connectivity index (χ4n) is 4.26. The predicted octanol–water partition coefficient (Wildman–Crippen LogP) is 5.56. The second-order valence-electron chi connectivity index (χ2n) is 8.16. The van der Waals surface area contributed by atoms with Gasteiger partial charge in [-0.25, -0.2) is 8.78 Å². The number of Topliss-reactive ketones (excluding diaryl/α,β-unsaturated/α-hetero) is 1. The smallest absolute Gasteiger partial charge is 0.300 e. The van der Waals surface area contributed by atoms with E-state index < -0.39 is 35.1 Å². The van der Waals surface area contributed by atoms with Crippen LogP contribution in [0.5, 0.6) is 11.5 Å². The number of benzene rings is 3. The lowest BCUT2D eigenvalue weighted by Crippen LogP contribution is -2.30. The van der Waals surface area contributed by atoms with Crippen LogP contribution in [0.1, 0.15) is 36.6 Å². The summed E-state index contributed by atoms with van der Waals surface area (Å²) >= 11 is 0. The van der Waals surface area contributed by atoms with Gasteiger partial charge in [0.25, 0.3) is 11.7 Å². The molecule has 1 unspecified atom stereocenters. The normalized spacial score (nSPS) is 16.9. The van der Waals surface area contributed by atoms with Gasteiger partial charge in [-0.3, -0.25) is 14.5 Å². The molecule has 0 spiro atoms. The molecule has 1 aliphatic heterocycles.